The van der Waals surface area contributed by atoms with Crippen LogP contribution < -0.4 is 14.8 Å². The number of aryl methyl sites for hydroxylation is 1. The summed E-state index contributed by atoms with van der Waals surface area (Å²) in [4.78, 5) is 34.9. The van der Waals surface area contributed by atoms with Gasteiger partial charge in [0.15, 0.2) is 18.1 Å². The molecule has 0 aromatic heterocycles. The molecule has 2 aromatic carbocycles. The lowest BCUT2D eigenvalue weighted by Crippen LogP contribution is -2.21. The number of esters is 1. The minimum atomic E-state index is -0.734. The highest BCUT2D eigenvalue weighted by molar-refractivity contribution is 5.97. The lowest BCUT2D eigenvalue weighted by molar-refractivity contribution is -0.384. The Morgan fingerprint density at radius 1 is 1.13 bits per heavy atom. The number of unbranched alkanes of at least 4 members (excludes halogenated alkanes) is 1. The average molecular weight is 416 g/mol. The summed E-state index contributed by atoms with van der Waals surface area (Å²) < 4.78 is 15.9. The van der Waals surface area contributed by atoms with Crippen LogP contribution in [0.4, 0.5) is 11.4 Å². The zero-order valence-electron chi connectivity index (χ0n) is 17.1. The van der Waals surface area contributed by atoms with Crippen LogP contribution in [0.5, 0.6) is 11.5 Å². The smallest absolute Gasteiger partial charge is 0.338 e. The van der Waals surface area contributed by atoms with E-state index in [1.807, 2.05) is 6.92 Å². The molecule has 0 atom stereocenters. The standard InChI is InChI=1S/C21H24N2O7/c1-4-5-10-29-18-9-7-15(12-19(18)28-3)21(25)30-13-20(24)22-16-8-6-14(2)11-17(16)23(26)27/h6-9,11-12H,4-5,10,13H2,1-3H3,(H,22,24). The summed E-state index contributed by atoms with van der Waals surface area (Å²) in [5.41, 5.74) is 0.658. The molecule has 0 radical (unpaired) electrons. The molecule has 1 amide bonds. The Morgan fingerprint density at radius 3 is 2.57 bits per heavy atom. The highest BCUT2D eigenvalue weighted by atomic mass is 16.6. The number of benzene rings is 2. The second kappa shape index (κ2) is 10.8. The molecule has 2 aromatic rings. The molecule has 0 fully saturated rings. The van der Waals surface area contributed by atoms with Gasteiger partial charge in [0.05, 0.1) is 24.2 Å². The number of anilines is 1. The summed E-state index contributed by atoms with van der Waals surface area (Å²) in [5, 5.41) is 13.5. The summed E-state index contributed by atoms with van der Waals surface area (Å²) in [6, 6.07) is 8.97. The van der Waals surface area contributed by atoms with Crippen LogP contribution in [0.1, 0.15) is 35.7 Å². The van der Waals surface area contributed by atoms with E-state index < -0.39 is 23.4 Å². The topological polar surface area (TPSA) is 117 Å². The molecule has 9 heteroatoms. The van der Waals surface area contributed by atoms with Crippen molar-refractivity contribution in [3.05, 3.63) is 57.6 Å². The Kier molecular flexibility index (Phi) is 8.16. The van der Waals surface area contributed by atoms with Gasteiger partial charge in [0, 0.05) is 6.07 Å². The first-order valence-electron chi connectivity index (χ1n) is 9.38. The number of hydrogen-bond donors (Lipinski definition) is 1. The van der Waals surface area contributed by atoms with Gasteiger partial charge in [-0.2, -0.15) is 0 Å². The van der Waals surface area contributed by atoms with E-state index in [0.29, 0.717) is 23.7 Å². The van der Waals surface area contributed by atoms with Crippen LogP contribution in [-0.4, -0.2) is 37.1 Å². The number of nitro benzene ring substituents is 1. The normalized spacial score (nSPS) is 10.2. The van der Waals surface area contributed by atoms with E-state index in [1.165, 1.54) is 31.4 Å². The van der Waals surface area contributed by atoms with Crippen molar-refractivity contribution in [2.24, 2.45) is 0 Å². The van der Waals surface area contributed by atoms with Gasteiger partial charge in [-0.1, -0.05) is 19.4 Å². The molecule has 2 rings (SSSR count). The van der Waals surface area contributed by atoms with Crippen LogP contribution in [0.25, 0.3) is 0 Å². The molecule has 0 saturated carbocycles. The maximum Gasteiger partial charge on any atom is 0.338 e. The van der Waals surface area contributed by atoms with Crippen LogP contribution in [0.2, 0.25) is 0 Å². The predicted octanol–water partition coefficient (Wildman–Crippen LogP) is 3.89. The van der Waals surface area contributed by atoms with Gasteiger partial charge < -0.3 is 19.5 Å². The van der Waals surface area contributed by atoms with Crippen LogP contribution in [0, 0.1) is 17.0 Å². The van der Waals surface area contributed by atoms with Gasteiger partial charge in [0.25, 0.3) is 11.6 Å². The summed E-state index contributed by atoms with van der Waals surface area (Å²) in [6.45, 7) is 3.69. The second-order valence-electron chi connectivity index (χ2n) is 6.47. The van der Waals surface area contributed by atoms with Crippen LogP contribution >= 0.6 is 0 Å². The number of nitrogens with zero attached hydrogens (tertiary/aromatic N) is 1. The van der Waals surface area contributed by atoms with Crippen molar-refractivity contribution in [2.75, 3.05) is 25.6 Å². The lowest BCUT2D eigenvalue weighted by Gasteiger charge is -2.12. The minimum absolute atomic E-state index is 0.0295. The number of amides is 1. The van der Waals surface area contributed by atoms with Gasteiger partial charge in [0.2, 0.25) is 0 Å². The lowest BCUT2D eigenvalue weighted by atomic mass is 10.2. The molecule has 0 aliphatic rings. The molecular weight excluding hydrogens is 392 g/mol. The fraction of sp³-hybridized carbons (Fsp3) is 0.333. The van der Waals surface area contributed by atoms with Crippen LogP contribution in [-0.2, 0) is 9.53 Å². The fourth-order valence-corrected chi connectivity index (χ4v) is 2.54. The van der Waals surface area contributed by atoms with Crippen LogP contribution in [0.3, 0.4) is 0 Å². The fourth-order valence-electron chi connectivity index (χ4n) is 2.54. The van der Waals surface area contributed by atoms with Crippen molar-refractivity contribution in [2.45, 2.75) is 26.7 Å². The summed E-state index contributed by atoms with van der Waals surface area (Å²) in [7, 11) is 1.46. The maximum absolute atomic E-state index is 12.3. The summed E-state index contributed by atoms with van der Waals surface area (Å²) >= 11 is 0. The quantitative estimate of drug-likeness (QED) is 0.270. The molecule has 9 nitrogen and oxygen atoms in total. The monoisotopic (exact) mass is 416 g/mol. The number of rotatable bonds is 10. The van der Waals surface area contributed by atoms with Gasteiger partial charge in [-0.25, -0.2) is 4.79 Å². The predicted molar refractivity (Wildman–Crippen MR) is 110 cm³/mol. The molecular formula is C21H24N2O7. The molecule has 160 valence electrons. The zero-order chi connectivity index (χ0) is 22.1. The van der Waals surface area contributed by atoms with Crippen LogP contribution in [0.15, 0.2) is 36.4 Å². The van der Waals surface area contributed by atoms with Gasteiger partial charge in [0.1, 0.15) is 5.69 Å². The Morgan fingerprint density at radius 2 is 1.90 bits per heavy atom. The maximum atomic E-state index is 12.3. The van der Waals surface area contributed by atoms with E-state index in [4.69, 9.17) is 14.2 Å². The van der Waals surface area contributed by atoms with E-state index in [9.17, 15) is 19.7 Å². The molecule has 0 heterocycles. The average Bonchev–Trinajstić information content (AvgIpc) is 2.73. The number of carbonyl (C=O) groups excluding carboxylic acids is 2. The Hall–Kier alpha value is -3.62. The first-order valence-corrected chi connectivity index (χ1v) is 9.38. The van der Waals surface area contributed by atoms with E-state index >= 15 is 0 Å². The van der Waals surface area contributed by atoms with Crippen molar-refractivity contribution in [3.63, 3.8) is 0 Å². The molecule has 0 aliphatic heterocycles. The zero-order valence-corrected chi connectivity index (χ0v) is 17.1. The number of ether oxygens (including phenoxy) is 3. The van der Waals surface area contributed by atoms with E-state index in [2.05, 4.69) is 5.32 Å². The van der Waals surface area contributed by atoms with E-state index in [0.717, 1.165) is 12.8 Å². The highest BCUT2D eigenvalue weighted by Crippen LogP contribution is 2.29. The summed E-state index contributed by atoms with van der Waals surface area (Å²) in [6.07, 6.45) is 1.88. The number of nitrogens with one attached hydrogen (secondary N) is 1. The number of methoxy groups -OCH3 is 1. The molecule has 0 saturated heterocycles. The van der Waals surface area contributed by atoms with Crippen molar-refractivity contribution < 1.29 is 28.7 Å². The molecule has 1 N–H and O–H groups in total. The van der Waals surface area contributed by atoms with E-state index in [-0.39, 0.29) is 16.9 Å². The number of nitro groups is 1. The first-order chi connectivity index (χ1) is 14.3. The van der Waals surface area contributed by atoms with Gasteiger partial charge in [-0.3, -0.25) is 14.9 Å². The number of carbonyl (C=O) groups is 2. The first kappa shape index (κ1) is 22.7. The summed E-state index contributed by atoms with van der Waals surface area (Å²) in [5.74, 6) is -0.545. The van der Waals surface area contributed by atoms with E-state index in [1.54, 1.807) is 19.1 Å². The largest absolute Gasteiger partial charge is 0.493 e. The van der Waals surface area contributed by atoms with Crippen molar-refractivity contribution in [1.29, 1.82) is 0 Å². The van der Waals surface area contributed by atoms with Gasteiger partial charge in [-0.15, -0.1) is 0 Å². The van der Waals surface area contributed by atoms with Crippen molar-refractivity contribution >= 4 is 23.3 Å². The third kappa shape index (κ3) is 6.20. The third-order valence-electron chi connectivity index (χ3n) is 4.11. The van der Waals surface area contributed by atoms with Crippen molar-refractivity contribution in [3.8, 4) is 11.5 Å². The Labute approximate surface area is 174 Å². The highest BCUT2D eigenvalue weighted by Gasteiger charge is 2.18. The Bertz CT molecular complexity index is 928. The molecule has 0 spiro atoms. The van der Waals surface area contributed by atoms with Gasteiger partial charge >= 0.3 is 5.97 Å². The van der Waals surface area contributed by atoms with Gasteiger partial charge in [-0.05, 0) is 43.2 Å². The third-order valence-corrected chi connectivity index (χ3v) is 4.11. The SMILES string of the molecule is CCCCOc1ccc(C(=O)OCC(=O)Nc2ccc(C)cc2[N+](=O)[O-])cc1OC. The number of hydrogen-bond acceptors (Lipinski definition) is 7. The second-order valence-corrected chi connectivity index (χ2v) is 6.47. The Balaban J connectivity index is 1.98. The minimum Gasteiger partial charge on any atom is -0.493 e. The molecule has 0 bridgehead atoms. The van der Waals surface area contributed by atoms with Crippen molar-refractivity contribution in [1.82, 2.24) is 0 Å². The molecule has 30 heavy (non-hydrogen) atoms. The molecule has 0 aliphatic carbocycles. The molecule has 0 unspecified atom stereocenters.